The zero-order chi connectivity index (χ0) is 22.8. The molecule has 3 rings (SSSR count). The van der Waals surface area contributed by atoms with Crippen LogP contribution < -0.4 is 39.7 Å². The summed E-state index contributed by atoms with van der Waals surface area (Å²) in [6.45, 7) is 13.9. The Morgan fingerprint density at radius 2 is 1.47 bits per heavy atom. The van der Waals surface area contributed by atoms with E-state index >= 15 is 0 Å². The molecule has 0 amide bonds. The second-order valence-corrected chi connectivity index (χ2v) is 8.08. The molecule has 34 heavy (non-hydrogen) atoms. The van der Waals surface area contributed by atoms with Crippen molar-refractivity contribution in [2.45, 2.75) is 47.3 Å². The number of hydrogen-bond acceptors (Lipinski definition) is 6. The van der Waals surface area contributed by atoms with Gasteiger partial charge in [-0.1, -0.05) is 0 Å². The smallest absolute Gasteiger partial charge is 0.352 e. The van der Waals surface area contributed by atoms with E-state index in [-0.39, 0.29) is 66.4 Å². The van der Waals surface area contributed by atoms with Crippen LogP contribution in [0.1, 0.15) is 31.9 Å². The van der Waals surface area contributed by atoms with Crippen LogP contribution in [0.2, 0.25) is 0 Å². The Morgan fingerprint density at radius 3 is 2.00 bits per heavy atom. The molecule has 0 aromatic heterocycles. The third-order valence-corrected chi connectivity index (χ3v) is 6.53. The Kier molecular flexibility index (Phi) is 12.9. The third-order valence-electron chi connectivity index (χ3n) is 6.53. The maximum atomic E-state index is 13.0. The van der Waals surface area contributed by atoms with Crippen molar-refractivity contribution in [2.24, 2.45) is 11.5 Å². The number of hydrogen-bond donors (Lipinski definition) is 2. The molecule has 0 saturated heterocycles. The Morgan fingerprint density at radius 1 is 0.912 bits per heavy atom. The number of halogens is 3. The lowest BCUT2D eigenvalue weighted by Crippen LogP contribution is -3.00. The van der Waals surface area contributed by atoms with Gasteiger partial charge in [0.1, 0.15) is 6.54 Å². The van der Waals surface area contributed by atoms with Gasteiger partial charge < -0.3 is 37.5 Å². The molecule has 0 atom stereocenters. The Bertz CT molecular complexity index is 1170. The summed E-state index contributed by atoms with van der Waals surface area (Å²) in [6, 6.07) is 4.14. The average Bonchev–Trinajstić information content (AvgIpc) is 2.76. The van der Waals surface area contributed by atoms with Crippen molar-refractivity contribution in [3.8, 4) is 11.5 Å². The summed E-state index contributed by atoms with van der Waals surface area (Å²) in [7, 11) is 0. The summed E-state index contributed by atoms with van der Waals surface area (Å²) >= 11 is 0. The normalized spacial score (nSPS) is 11.1. The van der Waals surface area contributed by atoms with Crippen LogP contribution in [-0.2, 0) is 19.6 Å². The van der Waals surface area contributed by atoms with Crippen LogP contribution >= 0.6 is 24.8 Å². The van der Waals surface area contributed by atoms with Gasteiger partial charge in [-0.15, -0.1) is 24.8 Å². The van der Waals surface area contributed by atoms with Gasteiger partial charge in [0.2, 0.25) is 0 Å². The van der Waals surface area contributed by atoms with Crippen LogP contribution in [0.5, 0.6) is 0 Å². The maximum absolute atomic E-state index is 13.0. The molecular formula is C22H36BrCl2N7O2. The molecule has 9 nitrogen and oxygen atoms in total. The van der Waals surface area contributed by atoms with Gasteiger partial charge in [0.05, 0.1) is 30.7 Å². The van der Waals surface area contributed by atoms with Crippen molar-refractivity contribution in [3.05, 3.63) is 44.1 Å². The zero-order valence-corrected chi connectivity index (χ0v) is 23.4. The van der Waals surface area contributed by atoms with E-state index in [9.17, 15) is 9.59 Å². The number of rotatable bonds is 9. The molecule has 0 saturated carbocycles. The van der Waals surface area contributed by atoms with E-state index in [1.807, 2.05) is 10.6 Å². The molecule has 0 bridgehead atoms. The minimum atomic E-state index is -0.610. The van der Waals surface area contributed by atoms with E-state index < -0.39 is 11.2 Å². The van der Waals surface area contributed by atoms with Crippen molar-refractivity contribution in [1.29, 1.82) is 0 Å². The Balaban J connectivity index is 0.00000363. The fraction of sp³-hybridized carbons (Fsp3) is 0.545. The van der Waals surface area contributed by atoms with E-state index in [4.69, 9.17) is 11.5 Å². The first-order chi connectivity index (χ1) is 14.8. The molecule has 0 spiro atoms. The van der Waals surface area contributed by atoms with E-state index in [0.29, 0.717) is 18.6 Å². The van der Waals surface area contributed by atoms with Crippen LogP contribution in [0, 0.1) is 6.92 Å². The first-order valence-electron chi connectivity index (χ1n) is 11.0. The third kappa shape index (κ3) is 5.98. The van der Waals surface area contributed by atoms with Crippen molar-refractivity contribution in [1.82, 2.24) is 19.1 Å². The summed E-state index contributed by atoms with van der Waals surface area (Å²) in [5.41, 5.74) is 14.4. The average molecular weight is 581 g/mol. The van der Waals surface area contributed by atoms with E-state index in [1.165, 1.54) is 5.56 Å². The zero-order valence-electron chi connectivity index (χ0n) is 20.2. The number of nitrogens with two attached hydrogens (primary N) is 2. The van der Waals surface area contributed by atoms with E-state index in [2.05, 4.69) is 43.7 Å². The van der Waals surface area contributed by atoms with Gasteiger partial charge in [-0.25, -0.2) is 9.78 Å². The highest BCUT2D eigenvalue weighted by atomic mass is 79.9. The molecule has 12 heteroatoms. The molecule has 1 aromatic rings. The van der Waals surface area contributed by atoms with E-state index in [1.54, 1.807) is 0 Å². The number of quaternary nitrogens is 1. The summed E-state index contributed by atoms with van der Waals surface area (Å²) in [4.78, 5) is 34.2. The maximum Gasteiger partial charge on any atom is 0.352 e. The Hall–Kier alpha value is -1.56. The molecule has 0 aliphatic carbocycles. The monoisotopic (exact) mass is 579 g/mol. The summed E-state index contributed by atoms with van der Waals surface area (Å²) in [6.07, 6.45) is 0. The lowest BCUT2D eigenvalue weighted by atomic mass is 10.0. The molecular weight excluding hydrogens is 545 g/mol. The van der Waals surface area contributed by atoms with Crippen molar-refractivity contribution in [2.75, 3.05) is 32.7 Å². The number of nitrogens with zero attached hydrogens (tertiary/aromatic N) is 5. The van der Waals surface area contributed by atoms with Crippen molar-refractivity contribution >= 4 is 35.8 Å². The van der Waals surface area contributed by atoms with Crippen molar-refractivity contribution in [3.63, 3.8) is 0 Å². The van der Waals surface area contributed by atoms with E-state index in [0.717, 1.165) is 46.3 Å². The van der Waals surface area contributed by atoms with Crippen LogP contribution in [0.15, 0.2) is 21.7 Å². The molecule has 1 aromatic carbocycles. The minimum Gasteiger partial charge on any atom is -1.00 e. The standard InChI is InChI=1S/C22H34N7O2.BrH.2ClH/c1-5-29(6-2,7-3)14-16-13-18-17(12-15(16)4)25-19-20(27(18)10-8-23)26-22(31)28(11-9-24)21(19)30;;;/h12-13H,5-11,14,23-24H2,1-4H3;3*1H/q+1;;;/p-1. The fourth-order valence-electron chi connectivity index (χ4n) is 4.28. The number of benzene rings is 1. The van der Waals surface area contributed by atoms with Crippen LogP contribution in [0.25, 0.3) is 22.6 Å². The molecule has 2 aliphatic rings. The predicted octanol–water partition coefficient (Wildman–Crippen LogP) is -1.49. The number of aryl methyl sites for hydroxylation is 1. The molecule has 2 heterocycles. The SMILES string of the molecule is CC[N+](CC)(CC)Cc1cc2c(cc1C)nc1c(=O)n(CCN)c(=O)nc-1n2CCN.Cl.Cl.[Br-]. The minimum absolute atomic E-state index is 0. The predicted molar refractivity (Wildman–Crippen MR) is 138 cm³/mol. The molecule has 0 unspecified atom stereocenters. The second kappa shape index (κ2) is 13.5. The van der Waals surface area contributed by atoms with Crippen LogP contribution in [0.4, 0.5) is 0 Å². The number of aromatic nitrogens is 4. The topological polar surface area (TPSA) is 122 Å². The first-order valence-corrected chi connectivity index (χ1v) is 11.0. The lowest BCUT2D eigenvalue weighted by molar-refractivity contribution is -0.936. The highest BCUT2D eigenvalue weighted by molar-refractivity contribution is 5.85. The fourth-order valence-corrected chi connectivity index (χ4v) is 4.28. The second-order valence-electron chi connectivity index (χ2n) is 8.08. The van der Waals surface area contributed by atoms with Crippen molar-refractivity contribution < 1.29 is 21.5 Å². The van der Waals surface area contributed by atoms with Gasteiger partial charge in [0.15, 0.2) is 11.5 Å². The van der Waals surface area contributed by atoms with Gasteiger partial charge in [-0.05, 0) is 45.4 Å². The largest absolute Gasteiger partial charge is 1.00 e. The molecule has 2 aliphatic heterocycles. The van der Waals surface area contributed by atoms with Gasteiger partial charge in [0.25, 0.3) is 5.56 Å². The van der Waals surface area contributed by atoms with Gasteiger partial charge in [-0.3, -0.25) is 9.36 Å². The number of fused-ring (bicyclic) bond motifs is 2. The molecule has 192 valence electrons. The molecule has 0 radical (unpaired) electrons. The van der Waals surface area contributed by atoms with Crippen LogP contribution in [0.3, 0.4) is 0 Å². The quantitative estimate of drug-likeness (QED) is 0.235. The highest BCUT2D eigenvalue weighted by Crippen LogP contribution is 2.26. The van der Waals surface area contributed by atoms with Gasteiger partial charge >= 0.3 is 5.69 Å². The summed E-state index contributed by atoms with van der Waals surface area (Å²) < 4.78 is 3.89. The summed E-state index contributed by atoms with van der Waals surface area (Å²) in [5.74, 6) is 0.276. The van der Waals surface area contributed by atoms with Crippen LogP contribution in [-0.4, -0.2) is 56.3 Å². The van der Waals surface area contributed by atoms with Gasteiger partial charge in [0, 0.05) is 31.7 Å². The lowest BCUT2D eigenvalue weighted by Gasteiger charge is -2.36. The summed E-state index contributed by atoms with van der Waals surface area (Å²) in [5, 5.41) is 0. The first kappa shape index (κ1) is 32.4. The highest BCUT2D eigenvalue weighted by Gasteiger charge is 2.25. The molecule has 4 N–H and O–H groups in total. The van der Waals surface area contributed by atoms with Gasteiger partial charge in [-0.2, -0.15) is 4.98 Å². The Labute approximate surface area is 223 Å². The molecule has 0 fully saturated rings.